The Morgan fingerprint density at radius 2 is 1.67 bits per heavy atom. The fourth-order valence-corrected chi connectivity index (χ4v) is 4.63. The van der Waals surface area contributed by atoms with E-state index in [0.717, 1.165) is 38.5 Å². The van der Waals surface area contributed by atoms with Crippen LogP contribution < -0.4 is 5.32 Å². The molecule has 2 saturated carbocycles. The molecule has 21 heavy (non-hydrogen) atoms. The van der Waals surface area contributed by atoms with E-state index in [0.29, 0.717) is 5.92 Å². The van der Waals surface area contributed by atoms with E-state index in [-0.39, 0.29) is 23.9 Å². The molecule has 1 unspecified atom stereocenters. The third-order valence-electron chi connectivity index (χ3n) is 5.68. The van der Waals surface area contributed by atoms with Gasteiger partial charge in [0.2, 0.25) is 11.8 Å². The quantitative estimate of drug-likeness (QED) is 0.850. The van der Waals surface area contributed by atoms with E-state index >= 15 is 0 Å². The summed E-state index contributed by atoms with van der Waals surface area (Å²) in [5.74, 6) is 0.645. The van der Waals surface area contributed by atoms with Crippen molar-refractivity contribution in [3.8, 4) is 0 Å². The van der Waals surface area contributed by atoms with Crippen LogP contribution in [0.25, 0.3) is 0 Å². The van der Waals surface area contributed by atoms with Crippen molar-refractivity contribution in [3.05, 3.63) is 0 Å². The Balaban J connectivity index is 1.89. The Hall–Kier alpha value is -1.06. The summed E-state index contributed by atoms with van der Waals surface area (Å²) in [7, 11) is 0. The number of hydrogen-bond acceptors (Lipinski definition) is 2. The lowest BCUT2D eigenvalue weighted by molar-refractivity contribution is -0.160. The first kappa shape index (κ1) is 14.9. The van der Waals surface area contributed by atoms with Crippen molar-refractivity contribution in [2.75, 3.05) is 0 Å². The normalized spacial score (nSPS) is 30.2. The van der Waals surface area contributed by atoms with Crippen LogP contribution in [-0.2, 0) is 9.59 Å². The van der Waals surface area contributed by atoms with Crippen LogP contribution in [0, 0.1) is 5.92 Å². The average molecular weight is 292 g/mol. The molecule has 1 N–H and O–H groups in total. The minimum atomic E-state index is -0.577. The number of nitrogens with one attached hydrogen (secondary N) is 1. The lowest BCUT2D eigenvalue weighted by atomic mass is 9.79. The highest BCUT2D eigenvalue weighted by Crippen LogP contribution is 2.39. The fraction of sp³-hybridized carbons (Fsp3) is 0.882. The van der Waals surface area contributed by atoms with Gasteiger partial charge in [-0.05, 0) is 45.4 Å². The second kappa shape index (κ2) is 5.62. The van der Waals surface area contributed by atoms with E-state index in [1.807, 2.05) is 4.90 Å². The van der Waals surface area contributed by atoms with Gasteiger partial charge in [0, 0.05) is 6.04 Å². The van der Waals surface area contributed by atoms with Crippen LogP contribution in [-0.4, -0.2) is 34.3 Å². The molecule has 1 heterocycles. The maximum atomic E-state index is 13.1. The monoisotopic (exact) mass is 292 g/mol. The van der Waals surface area contributed by atoms with Crippen molar-refractivity contribution < 1.29 is 9.59 Å². The molecular weight excluding hydrogens is 264 g/mol. The number of amides is 2. The van der Waals surface area contributed by atoms with Gasteiger partial charge in [-0.3, -0.25) is 9.59 Å². The molecule has 1 aliphatic heterocycles. The van der Waals surface area contributed by atoms with E-state index in [9.17, 15) is 9.59 Å². The number of nitrogens with zero attached hydrogens (tertiary/aromatic N) is 1. The van der Waals surface area contributed by atoms with Gasteiger partial charge in [-0.25, -0.2) is 0 Å². The molecule has 0 aromatic carbocycles. The highest BCUT2D eigenvalue weighted by Gasteiger charge is 2.54. The zero-order valence-corrected chi connectivity index (χ0v) is 13.4. The molecule has 3 rings (SSSR count). The summed E-state index contributed by atoms with van der Waals surface area (Å²) >= 11 is 0. The first-order chi connectivity index (χ1) is 10.1. The largest absolute Gasteiger partial charge is 0.340 e. The molecule has 1 saturated heterocycles. The van der Waals surface area contributed by atoms with E-state index < -0.39 is 5.54 Å². The van der Waals surface area contributed by atoms with Crippen molar-refractivity contribution in [2.24, 2.45) is 5.92 Å². The number of carbonyl (C=O) groups excluding carboxylic acids is 2. The number of rotatable bonds is 2. The summed E-state index contributed by atoms with van der Waals surface area (Å²) in [6, 6.07) is -0.128. The SMILES string of the molecule is CC(C)N1C(=O)C2(CCCC2)NC(=O)C1C1CCCCC1. The molecule has 2 aliphatic carbocycles. The molecule has 3 fully saturated rings. The fourth-order valence-electron chi connectivity index (χ4n) is 4.63. The zero-order chi connectivity index (χ0) is 15.0. The van der Waals surface area contributed by atoms with Crippen molar-refractivity contribution >= 4 is 11.8 Å². The summed E-state index contributed by atoms with van der Waals surface area (Å²) in [5, 5.41) is 3.14. The molecule has 118 valence electrons. The minimum Gasteiger partial charge on any atom is -0.340 e. The number of hydrogen-bond donors (Lipinski definition) is 1. The molecule has 2 amide bonds. The van der Waals surface area contributed by atoms with Gasteiger partial charge in [-0.2, -0.15) is 0 Å². The molecule has 0 aromatic rings. The zero-order valence-electron chi connectivity index (χ0n) is 13.4. The van der Waals surface area contributed by atoms with Crippen molar-refractivity contribution in [1.82, 2.24) is 10.2 Å². The molecule has 4 nitrogen and oxygen atoms in total. The maximum Gasteiger partial charge on any atom is 0.249 e. The lowest BCUT2D eigenvalue weighted by Gasteiger charge is -2.49. The van der Waals surface area contributed by atoms with E-state index in [2.05, 4.69) is 19.2 Å². The highest BCUT2D eigenvalue weighted by atomic mass is 16.2. The standard InChI is InChI=1S/C17H28N2O2/c1-12(2)19-14(13-8-4-3-5-9-13)15(20)18-17(16(19)21)10-6-7-11-17/h12-14H,3-11H2,1-2H3,(H,18,20). The molecule has 0 bridgehead atoms. The van der Waals surface area contributed by atoms with Crippen LogP contribution in [0.1, 0.15) is 71.6 Å². The van der Waals surface area contributed by atoms with Gasteiger partial charge in [-0.1, -0.05) is 32.1 Å². The summed E-state index contributed by atoms with van der Waals surface area (Å²) in [5.41, 5.74) is -0.577. The average Bonchev–Trinajstić information content (AvgIpc) is 2.92. The smallest absolute Gasteiger partial charge is 0.249 e. The highest BCUT2D eigenvalue weighted by molar-refractivity contribution is 6.00. The van der Waals surface area contributed by atoms with Crippen molar-refractivity contribution in [2.45, 2.75) is 89.3 Å². The van der Waals surface area contributed by atoms with Gasteiger partial charge in [0.05, 0.1) is 0 Å². The Morgan fingerprint density at radius 1 is 1.05 bits per heavy atom. The topological polar surface area (TPSA) is 49.4 Å². The number of piperazine rings is 1. The Labute approximate surface area is 127 Å². The summed E-state index contributed by atoms with van der Waals surface area (Å²) < 4.78 is 0. The Bertz CT molecular complexity index is 421. The summed E-state index contributed by atoms with van der Waals surface area (Å²) in [6.07, 6.45) is 9.56. The third kappa shape index (κ3) is 2.47. The van der Waals surface area contributed by atoms with Gasteiger partial charge in [0.15, 0.2) is 0 Å². The van der Waals surface area contributed by atoms with Gasteiger partial charge < -0.3 is 10.2 Å². The molecule has 1 spiro atoms. The van der Waals surface area contributed by atoms with Crippen molar-refractivity contribution in [3.63, 3.8) is 0 Å². The third-order valence-corrected chi connectivity index (χ3v) is 5.68. The van der Waals surface area contributed by atoms with Crippen LogP contribution in [0.3, 0.4) is 0 Å². The summed E-state index contributed by atoms with van der Waals surface area (Å²) in [4.78, 5) is 27.8. The molecule has 3 aliphatic rings. The van der Waals surface area contributed by atoms with Gasteiger partial charge in [-0.15, -0.1) is 0 Å². The lowest BCUT2D eigenvalue weighted by Crippen LogP contribution is -2.72. The van der Waals surface area contributed by atoms with Gasteiger partial charge in [0.1, 0.15) is 11.6 Å². The molecule has 0 radical (unpaired) electrons. The van der Waals surface area contributed by atoms with Crippen LogP contribution in [0.4, 0.5) is 0 Å². The van der Waals surface area contributed by atoms with Gasteiger partial charge >= 0.3 is 0 Å². The molecule has 4 heteroatoms. The number of carbonyl (C=O) groups is 2. The second-order valence-electron chi connectivity index (χ2n) is 7.43. The second-order valence-corrected chi connectivity index (χ2v) is 7.43. The van der Waals surface area contributed by atoms with E-state index in [4.69, 9.17) is 0 Å². The van der Waals surface area contributed by atoms with Crippen LogP contribution >= 0.6 is 0 Å². The first-order valence-corrected chi connectivity index (χ1v) is 8.70. The van der Waals surface area contributed by atoms with Crippen LogP contribution in [0.15, 0.2) is 0 Å². The Morgan fingerprint density at radius 3 is 2.24 bits per heavy atom. The van der Waals surface area contributed by atoms with E-state index in [1.165, 1.54) is 19.3 Å². The minimum absolute atomic E-state index is 0.105. The molecule has 1 atom stereocenters. The molecule has 0 aromatic heterocycles. The predicted octanol–water partition coefficient (Wildman–Crippen LogP) is 2.61. The maximum absolute atomic E-state index is 13.1. The molecular formula is C17H28N2O2. The van der Waals surface area contributed by atoms with E-state index in [1.54, 1.807) is 0 Å². The summed E-state index contributed by atoms with van der Waals surface area (Å²) in [6.45, 7) is 4.10. The van der Waals surface area contributed by atoms with Crippen LogP contribution in [0.2, 0.25) is 0 Å². The Kier molecular flexibility index (Phi) is 3.98. The van der Waals surface area contributed by atoms with Crippen LogP contribution in [0.5, 0.6) is 0 Å². The van der Waals surface area contributed by atoms with Crippen molar-refractivity contribution in [1.29, 1.82) is 0 Å². The van der Waals surface area contributed by atoms with Gasteiger partial charge in [0.25, 0.3) is 0 Å². The predicted molar refractivity (Wildman–Crippen MR) is 81.7 cm³/mol. The first-order valence-electron chi connectivity index (χ1n) is 8.70.